The van der Waals surface area contributed by atoms with Crippen LogP contribution in [0.15, 0.2) is 6.07 Å². The third kappa shape index (κ3) is 3.98. The quantitative estimate of drug-likeness (QED) is 0.642. The lowest BCUT2D eigenvalue weighted by molar-refractivity contribution is -0.144. The highest BCUT2D eigenvalue weighted by atomic mass is 16.5. The smallest absolute Gasteiger partial charge is 0.325 e. The van der Waals surface area contributed by atoms with Crippen LogP contribution in [0.25, 0.3) is 0 Å². The molecular weight excluding hydrogens is 256 g/mol. The molecule has 1 aromatic rings. The van der Waals surface area contributed by atoms with E-state index in [-0.39, 0.29) is 24.6 Å². The lowest BCUT2D eigenvalue weighted by atomic mass is 10.3. The molecule has 0 saturated carbocycles. The van der Waals surface area contributed by atoms with Gasteiger partial charge >= 0.3 is 11.9 Å². The summed E-state index contributed by atoms with van der Waals surface area (Å²) in [5.41, 5.74) is 5.44. The highest BCUT2D eigenvalue weighted by Crippen LogP contribution is 2.05. The molecule has 0 spiro atoms. The molecule has 1 rings (SSSR count). The Balaban J connectivity index is 2.85. The Kier molecular flexibility index (Phi) is 4.86. The van der Waals surface area contributed by atoms with E-state index >= 15 is 0 Å². The number of carbonyl (C=O) groups is 3. The number of aromatic amines is 1. The first-order valence-corrected chi connectivity index (χ1v) is 5.21. The number of ether oxygens (including phenoxy) is 2. The van der Waals surface area contributed by atoms with Crippen LogP contribution in [-0.4, -0.2) is 60.3 Å². The SMILES string of the molecule is COC(=O)CN(CC(=O)OC)C(=O)c1cc(N)n[nH]1. The van der Waals surface area contributed by atoms with Crippen LogP contribution in [0, 0.1) is 0 Å². The number of methoxy groups -OCH3 is 2. The zero-order chi connectivity index (χ0) is 14.4. The number of anilines is 1. The number of nitrogens with zero attached hydrogens (tertiary/aromatic N) is 2. The molecule has 3 N–H and O–H groups in total. The van der Waals surface area contributed by atoms with E-state index < -0.39 is 17.8 Å². The number of nitrogen functional groups attached to an aromatic ring is 1. The maximum atomic E-state index is 12.0. The molecule has 0 atom stereocenters. The van der Waals surface area contributed by atoms with E-state index in [9.17, 15) is 14.4 Å². The van der Waals surface area contributed by atoms with Gasteiger partial charge in [-0.15, -0.1) is 0 Å². The van der Waals surface area contributed by atoms with Gasteiger partial charge in [-0.3, -0.25) is 19.5 Å². The van der Waals surface area contributed by atoms with Gasteiger partial charge in [0.2, 0.25) is 0 Å². The highest BCUT2D eigenvalue weighted by molar-refractivity contribution is 5.96. The number of nitrogens with one attached hydrogen (secondary N) is 1. The first-order chi connectivity index (χ1) is 8.97. The predicted molar refractivity (Wildman–Crippen MR) is 62.9 cm³/mol. The molecule has 0 fully saturated rings. The molecule has 19 heavy (non-hydrogen) atoms. The van der Waals surface area contributed by atoms with Crippen LogP contribution < -0.4 is 5.73 Å². The summed E-state index contributed by atoms with van der Waals surface area (Å²) in [4.78, 5) is 35.4. The lowest BCUT2D eigenvalue weighted by Crippen LogP contribution is -2.40. The van der Waals surface area contributed by atoms with Crippen LogP contribution in [0.3, 0.4) is 0 Å². The van der Waals surface area contributed by atoms with Crippen molar-refractivity contribution in [2.75, 3.05) is 33.0 Å². The van der Waals surface area contributed by atoms with Crippen molar-refractivity contribution in [1.82, 2.24) is 15.1 Å². The Morgan fingerprint density at radius 3 is 2.16 bits per heavy atom. The maximum Gasteiger partial charge on any atom is 0.325 e. The fourth-order valence-corrected chi connectivity index (χ4v) is 1.26. The Morgan fingerprint density at radius 2 is 1.79 bits per heavy atom. The molecule has 0 radical (unpaired) electrons. The monoisotopic (exact) mass is 270 g/mol. The first kappa shape index (κ1) is 14.5. The van der Waals surface area contributed by atoms with Crippen LogP contribution in [-0.2, 0) is 19.1 Å². The van der Waals surface area contributed by atoms with Crippen LogP contribution in [0.2, 0.25) is 0 Å². The Morgan fingerprint density at radius 1 is 1.26 bits per heavy atom. The van der Waals surface area contributed by atoms with E-state index in [2.05, 4.69) is 19.7 Å². The molecular formula is C10H14N4O5. The minimum atomic E-state index is -0.662. The molecule has 9 nitrogen and oxygen atoms in total. The summed E-state index contributed by atoms with van der Waals surface area (Å²) in [6, 6.07) is 1.30. The van der Waals surface area contributed by atoms with Gasteiger partial charge in [-0.1, -0.05) is 0 Å². The van der Waals surface area contributed by atoms with Gasteiger partial charge < -0.3 is 20.1 Å². The lowest BCUT2D eigenvalue weighted by Gasteiger charge is -2.18. The number of amides is 1. The molecule has 1 amide bonds. The molecule has 0 aliphatic rings. The van der Waals surface area contributed by atoms with Gasteiger partial charge in [-0.2, -0.15) is 5.10 Å². The molecule has 0 aliphatic heterocycles. The maximum absolute atomic E-state index is 12.0. The summed E-state index contributed by atoms with van der Waals surface area (Å²) >= 11 is 0. The van der Waals surface area contributed by atoms with Gasteiger partial charge in [-0.25, -0.2) is 0 Å². The Bertz CT molecular complexity index is 466. The standard InChI is InChI=1S/C10H14N4O5/c1-18-8(15)4-14(5-9(16)19-2)10(17)6-3-7(11)13-12-6/h3H,4-5H2,1-2H3,(H3,11,12,13). The summed E-state index contributed by atoms with van der Waals surface area (Å²) in [5, 5.41) is 5.99. The second kappa shape index (κ2) is 6.38. The highest BCUT2D eigenvalue weighted by Gasteiger charge is 2.23. The van der Waals surface area contributed by atoms with E-state index in [0.29, 0.717) is 0 Å². The van der Waals surface area contributed by atoms with Crippen LogP contribution >= 0.6 is 0 Å². The van der Waals surface area contributed by atoms with E-state index in [4.69, 9.17) is 5.73 Å². The fraction of sp³-hybridized carbons (Fsp3) is 0.400. The largest absolute Gasteiger partial charge is 0.468 e. The summed E-state index contributed by atoms with van der Waals surface area (Å²) in [6.07, 6.45) is 0. The third-order valence-corrected chi connectivity index (χ3v) is 2.21. The molecule has 104 valence electrons. The predicted octanol–water partition coefficient (Wildman–Crippen LogP) is -1.22. The second-order valence-electron chi connectivity index (χ2n) is 3.52. The second-order valence-corrected chi connectivity index (χ2v) is 3.52. The van der Waals surface area contributed by atoms with Crippen molar-refractivity contribution < 1.29 is 23.9 Å². The average Bonchev–Trinajstić information content (AvgIpc) is 2.83. The Labute approximate surface area is 108 Å². The first-order valence-electron chi connectivity index (χ1n) is 5.21. The molecule has 0 aromatic carbocycles. The minimum Gasteiger partial charge on any atom is -0.468 e. The molecule has 0 aliphatic carbocycles. The van der Waals surface area contributed by atoms with Crippen LogP contribution in [0.4, 0.5) is 5.82 Å². The number of rotatable bonds is 5. The van der Waals surface area contributed by atoms with Crippen molar-refractivity contribution in [3.8, 4) is 0 Å². The van der Waals surface area contributed by atoms with Gasteiger partial charge in [0.05, 0.1) is 14.2 Å². The van der Waals surface area contributed by atoms with Crippen LogP contribution in [0.5, 0.6) is 0 Å². The van der Waals surface area contributed by atoms with E-state index in [1.54, 1.807) is 0 Å². The van der Waals surface area contributed by atoms with Crippen molar-refractivity contribution in [1.29, 1.82) is 0 Å². The summed E-state index contributed by atoms with van der Waals surface area (Å²) < 4.78 is 8.90. The molecule has 0 saturated heterocycles. The van der Waals surface area contributed by atoms with Crippen molar-refractivity contribution >= 4 is 23.7 Å². The van der Waals surface area contributed by atoms with Gasteiger partial charge in [0.15, 0.2) is 0 Å². The molecule has 9 heteroatoms. The van der Waals surface area contributed by atoms with Gasteiger partial charge in [0, 0.05) is 6.07 Å². The number of carbonyl (C=O) groups excluding carboxylic acids is 3. The van der Waals surface area contributed by atoms with E-state index in [0.717, 1.165) is 4.90 Å². The molecule has 1 heterocycles. The molecule has 0 unspecified atom stereocenters. The van der Waals surface area contributed by atoms with Crippen molar-refractivity contribution in [2.45, 2.75) is 0 Å². The van der Waals surface area contributed by atoms with Crippen molar-refractivity contribution in [3.05, 3.63) is 11.8 Å². The Hall–Kier alpha value is -2.58. The number of aromatic nitrogens is 2. The van der Waals surface area contributed by atoms with E-state index in [1.807, 2.05) is 0 Å². The summed E-state index contributed by atoms with van der Waals surface area (Å²) in [7, 11) is 2.36. The fourth-order valence-electron chi connectivity index (χ4n) is 1.26. The zero-order valence-electron chi connectivity index (χ0n) is 10.5. The van der Waals surface area contributed by atoms with E-state index in [1.165, 1.54) is 20.3 Å². The third-order valence-electron chi connectivity index (χ3n) is 2.21. The number of esters is 2. The summed E-state index contributed by atoms with van der Waals surface area (Å²) in [6.45, 7) is -0.771. The topological polar surface area (TPSA) is 128 Å². The van der Waals surface area contributed by atoms with Crippen molar-refractivity contribution in [3.63, 3.8) is 0 Å². The number of nitrogens with two attached hydrogens (primary N) is 1. The van der Waals surface area contributed by atoms with Crippen molar-refractivity contribution in [2.24, 2.45) is 0 Å². The van der Waals surface area contributed by atoms with Gasteiger partial charge in [-0.05, 0) is 0 Å². The number of H-pyrrole nitrogens is 1. The normalized spacial score (nSPS) is 9.79. The number of hydrogen-bond donors (Lipinski definition) is 2. The van der Waals surface area contributed by atoms with Gasteiger partial charge in [0.1, 0.15) is 24.6 Å². The average molecular weight is 270 g/mol. The molecule has 0 bridgehead atoms. The minimum absolute atomic E-state index is 0.0605. The van der Waals surface area contributed by atoms with Gasteiger partial charge in [0.25, 0.3) is 5.91 Å². The number of hydrogen-bond acceptors (Lipinski definition) is 7. The molecule has 1 aromatic heterocycles. The summed E-state index contributed by atoms with van der Waals surface area (Å²) in [5.74, 6) is -1.81. The zero-order valence-corrected chi connectivity index (χ0v) is 10.5. The van der Waals surface area contributed by atoms with Crippen LogP contribution in [0.1, 0.15) is 10.5 Å².